The van der Waals surface area contributed by atoms with E-state index in [1.807, 2.05) is 30.1 Å². The van der Waals surface area contributed by atoms with Gasteiger partial charge in [-0.2, -0.15) is 4.98 Å². The van der Waals surface area contributed by atoms with Crippen LogP contribution in [0.1, 0.15) is 27.2 Å². The van der Waals surface area contributed by atoms with Gasteiger partial charge in [0.1, 0.15) is 23.0 Å². The normalized spacial score (nSPS) is 15.6. The van der Waals surface area contributed by atoms with Crippen LogP contribution in [0.4, 0.5) is 20.5 Å². The molecule has 2 aliphatic rings. The molecule has 0 atom stereocenters. The van der Waals surface area contributed by atoms with Crippen molar-refractivity contribution in [2.24, 2.45) is 0 Å². The Bertz CT molecular complexity index is 1200. The highest BCUT2D eigenvalue weighted by molar-refractivity contribution is 5.95. The number of hydrogen-bond acceptors (Lipinski definition) is 6. The van der Waals surface area contributed by atoms with Crippen LogP contribution >= 0.6 is 0 Å². The number of carbonyl (C=O) groups is 1. The summed E-state index contributed by atoms with van der Waals surface area (Å²) >= 11 is 0. The van der Waals surface area contributed by atoms with Gasteiger partial charge in [0.15, 0.2) is 0 Å². The van der Waals surface area contributed by atoms with Gasteiger partial charge in [0.25, 0.3) is 5.91 Å². The van der Waals surface area contributed by atoms with E-state index in [0.717, 1.165) is 34.8 Å². The Labute approximate surface area is 203 Å². The van der Waals surface area contributed by atoms with Gasteiger partial charge in [-0.3, -0.25) is 4.79 Å². The van der Waals surface area contributed by atoms with E-state index in [2.05, 4.69) is 17.0 Å². The second-order valence-electron chi connectivity index (χ2n) is 8.79. The number of carbonyl (C=O) groups excluding carboxylic acids is 1. The third-order valence-corrected chi connectivity index (χ3v) is 6.41. The molecule has 0 spiro atoms. The Morgan fingerprint density at radius 2 is 1.71 bits per heavy atom. The highest BCUT2D eigenvalue weighted by atomic mass is 19.1. The number of anilines is 2. The van der Waals surface area contributed by atoms with Gasteiger partial charge in [0.05, 0.1) is 25.5 Å². The summed E-state index contributed by atoms with van der Waals surface area (Å²) in [5, 5.41) is 0. The van der Waals surface area contributed by atoms with E-state index in [1.54, 1.807) is 0 Å². The lowest BCUT2D eigenvalue weighted by Crippen LogP contribution is -2.42. The monoisotopic (exact) mass is 479 g/mol. The summed E-state index contributed by atoms with van der Waals surface area (Å²) in [5.74, 6) is -1.02. The van der Waals surface area contributed by atoms with Crippen molar-refractivity contribution >= 4 is 17.7 Å². The molecule has 0 radical (unpaired) electrons. The number of fused-ring (bicyclic) bond motifs is 1. The topological polar surface area (TPSA) is 61.8 Å². The van der Waals surface area contributed by atoms with Gasteiger partial charge in [-0.1, -0.05) is 36.4 Å². The molecule has 1 amide bonds. The average Bonchev–Trinajstić information content (AvgIpc) is 2.88. The smallest absolute Gasteiger partial charge is 0.260 e. The van der Waals surface area contributed by atoms with Crippen molar-refractivity contribution in [3.8, 4) is 0 Å². The van der Waals surface area contributed by atoms with E-state index in [-0.39, 0.29) is 6.54 Å². The van der Waals surface area contributed by atoms with E-state index in [9.17, 15) is 13.6 Å². The van der Waals surface area contributed by atoms with Crippen molar-refractivity contribution in [3.63, 3.8) is 0 Å². The molecular formula is C26H27F2N5O2. The molecule has 1 aromatic heterocycles. The molecule has 9 heteroatoms. The van der Waals surface area contributed by atoms with Crippen molar-refractivity contribution in [2.45, 2.75) is 19.5 Å². The minimum atomic E-state index is -0.858. The fourth-order valence-corrected chi connectivity index (χ4v) is 4.55. The van der Waals surface area contributed by atoms with Crippen LogP contribution in [-0.4, -0.2) is 60.7 Å². The summed E-state index contributed by atoms with van der Waals surface area (Å²) in [6.07, 6.45) is 0.475. The number of halogens is 2. The van der Waals surface area contributed by atoms with Gasteiger partial charge in [-0.25, -0.2) is 13.8 Å². The minimum absolute atomic E-state index is 0.192. The molecule has 35 heavy (non-hydrogen) atoms. The van der Waals surface area contributed by atoms with Crippen molar-refractivity contribution < 1.29 is 18.3 Å². The zero-order chi connectivity index (χ0) is 24.4. The molecule has 5 rings (SSSR count). The van der Waals surface area contributed by atoms with E-state index in [1.165, 1.54) is 11.0 Å². The summed E-state index contributed by atoms with van der Waals surface area (Å²) in [6, 6.07) is 13.6. The first-order chi connectivity index (χ1) is 17.0. The van der Waals surface area contributed by atoms with Gasteiger partial charge in [0.2, 0.25) is 5.95 Å². The number of rotatable bonds is 5. The van der Waals surface area contributed by atoms with Crippen LogP contribution in [0.2, 0.25) is 0 Å². The first-order valence-corrected chi connectivity index (χ1v) is 11.7. The Balaban J connectivity index is 1.47. The number of nitrogens with zero attached hydrogens (tertiary/aromatic N) is 5. The van der Waals surface area contributed by atoms with Gasteiger partial charge < -0.3 is 19.4 Å². The van der Waals surface area contributed by atoms with Gasteiger partial charge in [0, 0.05) is 45.2 Å². The van der Waals surface area contributed by atoms with E-state index in [4.69, 9.17) is 14.7 Å². The molecule has 1 saturated heterocycles. The maximum Gasteiger partial charge on any atom is 0.260 e. The maximum absolute atomic E-state index is 14.3. The molecule has 3 aromatic rings. The van der Waals surface area contributed by atoms with Gasteiger partial charge in [-0.05, 0) is 17.7 Å². The minimum Gasteiger partial charge on any atom is -0.378 e. The van der Waals surface area contributed by atoms with Crippen LogP contribution in [0, 0.1) is 11.6 Å². The highest BCUT2D eigenvalue weighted by Gasteiger charge is 2.31. The molecule has 0 bridgehead atoms. The second kappa shape index (κ2) is 9.95. The molecule has 0 unspecified atom stereocenters. The summed E-state index contributed by atoms with van der Waals surface area (Å²) in [7, 11) is 1.96. The van der Waals surface area contributed by atoms with Crippen LogP contribution in [0.25, 0.3) is 0 Å². The van der Waals surface area contributed by atoms with E-state index < -0.39 is 23.1 Å². The number of hydrogen-bond donors (Lipinski definition) is 0. The zero-order valence-corrected chi connectivity index (χ0v) is 19.6. The van der Waals surface area contributed by atoms with Crippen molar-refractivity contribution in [2.75, 3.05) is 49.7 Å². The fraction of sp³-hybridized carbons (Fsp3) is 0.346. The Hall–Kier alpha value is -3.59. The van der Waals surface area contributed by atoms with Gasteiger partial charge >= 0.3 is 0 Å². The molecular weight excluding hydrogens is 452 g/mol. The van der Waals surface area contributed by atoms with Crippen molar-refractivity contribution in [1.29, 1.82) is 0 Å². The molecule has 1 fully saturated rings. The highest BCUT2D eigenvalue weighted by Crippen LogP contribution is 2.31. The molecule has 7 nitrogen and oxygen atoms in total. The first-order valence-electron chi connectivity index (χ1n) is 11.7. The fourth-order valence-electron chi connectivity index (χ4n) is 4.55. The standard InChI is InChI=1S/C26H27F2N5O2/c1-31(16-18-6-3-2-4-7-18)26-29-22-10-11-33(25(34)23-20(27)8-5-9-21(23)28)17-19(22)24(30-26)32-12-14-35-15-13-32/h2-9H,10-17H2,1H3. The summed E-state index contributed by atoms with van der Waals surface area (Å²) in [5.41, 5.74) is 2.30. The lowest BCUT2D eigenvalue weighted by molar-refractivity contribution is 0.0723. The number of aromatic nitrogens is 2. The molecule has 0 saturated carbocycles. The van der Waals surface area contributed by atoms with Crippen LogP contribution in [-0.2, 0) is 24.2 Å². The second-order valence-corrected chi connectivity index (χ2v) is 8.79. The number of morpholine rings is 1. The zero-order valence-electron chi connectivity index (χ0n) is 19.6. The third-order valence-electron chi connectivity index (χ3n) is 6.41. The first kappa shape index (κ1) is 23.2. The number of ether oxygens (including phenoxy) is 1. The van der Waals surface area contributed by atoms with Crippen molar-refractivity contribution in [3.05, 3.63) is 82.5 Å². The molecule has 3 heterocycles. The van der Waals surface area contributed by atoms with Crippen LogP contribution in [0.3, 0.4) is 0 Å². The Morgan fingerprint density at radius 1 is 1.00 bits per heavy atom. The SMILES string of the molecule is CN(Cc1ccccc1)c1nc2c(c(N3CCOCC3)n1)CN(C(=O)c1c(F)cccc1F)CC2. The van der Waals surface area contributed by atoms with Crippen LogP contribution in [0.5, 0.6) is 0 Å². The summed E-state index contributed by atoms with van der Waals surface area (Å²) < 4.78 is 34.1. The van der Waals surface area contributed by atoms with Gasteiger partial charge in [-0.15, -0.1) is 0 Å². The van der Waals surface area contributed by atoms with Crippen LogP contribution in [0.15, 0.2) is 48.5 Å². The lowest BCUT2D eigenvalue weighted by atomic mass is 10.0. The summed E-state index contributed by atoms with van der Waals surface area (Å²) in [6.45, 7) is 3.66. The Morgan fingerprint density at radius 3 is 2.43 bits per heavy atom. The lowest BCUT2D eigenvalue weighted by Gasteiger charge is -2.35. The molecule has 2 aromatic carbocycles. The molecule has 0 N–H and O–H groups in total. The predicted octanol–water partition coefficient (Wildman–Crippen LogP) is 3.43. The predicted molar refractivity (Wildman–Crippen MR) is 128 cm³/mol. The molecule has 0 aliphatic carbocycles. The molecule has 2 aliphatic heterocycles. The number of benzene rings is 2. The van der Waals surface area contributed by atoms with E-state index in [0.29, 0.717) is 51.8 Å². The number of amides is 1. The maximum atomic E-state index is 14.3. The van der Waals surface area contributed by atoms with E-state index >= 15 is 0 Å². The summed E-state index contributed by atoms with van der Waals surface area (Å²) in [4.78, 5) is 28.4. The molecule has 182 valence electrons. The third kappa shape index (κ3) is 4.81. The largest absolute Gasteiger partial charge is 0.378 e. The quantitative estimate of drug-likeness (QED) is 0.559. The average molecular weight is 480 g/mol. The van der Waals surface area contributed by atoms with Crippen molar-refractivity contribution in [1.82, 2.24) is 14.9 Å². The van der Waals surface area contributed by atoms with Crippen LogP contribution < -0.4 is 9.80 Å². The Kier molecular flexibility index (Phi) is 6.59.